The minimum Gasteiger partial charge on any atom is -0.457 e. The summed E-state index contributed by atoms with van der Waals surface area (Å²) >= 11 is 0. The van der Waals surface area contributed by atoms with Crippen molar-refractivity contribution in [3.63, 3.8) is 0 Å². The zero-order chi connectivity index (χ0) is 17.5. The van der Waals surface area contributed by atoms with Crippen LogP contribution in [0.5, 0.6) is 0 Å². The molecule has 1 amide bonds. The Morgan fingerprint density at radius 3 is 2.88 bits per heavy atom. The number of nitro benzene ring substituents is 1. The number of rotatable bonds is 6. The van der Waals surface area contributed by atoms with Crippen molar-refractivity contribution in [3.8, 4) is 17.4 Å². The maximum Gasteiger partial charge on any atom is 0.270 e. The minimum absolute atomic E-state index is 0.0366. The fourth-order valence-electron chi connectivity index (χ4n) is 1.91. The number of aliphatic hydroxyl groups is 1. The first-order valence-corrected chi connectivity index (χ1v) is 6.90. The van der Waals surface area contributed by atoms with Crippen LogP contribution >= 0.6 is 0 Å². The largest absolute Gasteiger partial charge is 0.457 e. The molecule has 8 nitrogen and oxygen atoms in total. The van der Waals surface area contributed by atoms with Gasteiger partial charge in [0.25, 0.3) is 11.6 Å². The number of non-ortho nitro benzene ring substituents is 1. The second-order valence-electron chi connectivity index (χ2n) is 4.66. The second kappa shape index (κ2) is 7.71. The SMILES string of the molecule is N#CC(=Cc1ccc(-c2cccc([N+](=O)[O-])c2)o1)C(=O)NCCO. The van der Waals surface area contributed by atoms with E-state index in [1.165, 1.54) is 24.3 Å². The topological polar surface area (TPSA) is 129 Å². The van der Waals surface area contributed by atoms with Crippen molar-refractivity contribution < 1.29 is 19.2 Å². The van der Waals surface area contributed by atoms with E-state index >= 15 is 0 Å². The lowest BCUT2D eigenvalue weighted by atomic mass is 10.1. The molecule has 0 atom stereocenters. The molecule has 0 aliphatic heterocycles. The standard InChI is InChI=1S/C16H13N3O5/c17-10-12(16(21)18-6-7-20)9-14-4-5-15(24-14)11-2-1-3-13(8-11)19(22)23/h1-5,8-9,20H,6-7H2,(H,18,21). The number of furan rings is 1. The highest BCUT2D eigenvalue weighted by atomic mass is 16.6. The normalized spacial score (nSPS) is 10.9. The predicted molar refractivity (Wildman–Crippen MR) is 84.5 cm³/mol. The Morgan fingerprint density at radius 1 is 1.42 bits per heavy atom. The van der Waals surface area contributed by atoms with Crippen LogP contribution in [0.4, 0.5) is 5.69 Å². The first-order valence-electron chi connectivity index (χ1n) is 6.90. The molecule has 0 fully saturated rings. The maximum absolute atomic E-state index is 11.7. The van der Waals surface area contributed by atoms with Gasteiger partial charge in [0.2, 0.25) is 0 Å². The van der Waals surface area contributed by atoms with Gasteiger partial charge in [0.05, 0.1) is 11.5 Å². The zero-order valence-electron chi connectivity index (χ0n) is 12.4. The first kappa shape index (κ1) is 16.9. The Hall–Kier alpha value is -3.44. The number of nitrogens with zero attached hydrogens (tertiary/aromatic N) is 2. The highest BCUT2D eigenvalue weighted by molar-refractivity contribution is 6.01. The Labute approximate surface area is 136 Å². The molecular formula is C16H13N3O5. The van der Waals surface area contributed by atoms with Gasteiger partial charge < -0.3 is 14.8 Å². The number of amides is 1. The van der Waals surface area contributed by atoms with Crippen molar-refractivity contribution in [1.82, 2.24) is 5.32 Å². The molecule has 122 valence electrons. The van der Waals surface area contributed by atoms with Crippen LogP contribution in [0, 0.1) is 21.4 Å². The average molecular weight is 327 g/mol. The quantitative estimate of drug-likeness (QED) is 0.360. The second-order valence-corrected chi connectivity index (χ2v) is 4.66. The summed E-state index contributed by atoms with van der Waals surface area (Å²) in [5.74, 6) is 0.00468. The lowest BCUT2D eigenvalue weighted by molar-refractivity contribution is -0.384. The molecule has 0 saturated heterocycles. The third-order valence-corrected chi connectivity index (χ3v) is 3.02. The van der Waals surface area contributed by atoms with E-state index in [1.54, 1.807) is 24.3 Å². The molecular weight excluding hydrogens is 314 g/mol. The number of nitro groups is 1. The van der Waals surface area contributed by atoms with Crippen molar-refractivity contribution in [2.45, 2.75) is 0 Å². The number of carbonyl (C=O) groups excluding carboxylic acids is 1. The number of hydrogen-bond donors (Lipinski definition) is 2. The lowest BCUT2D eigenvalue weighted by Crippen LogP contribution is -2.27. The summed E-state index contributed by atoms with van der Waals surface area (Å²) in [6.07, 6.45) is 1.26. The van der Waals surface area contributed by atoms with Gasteiger partial charge >= 0.3 is 0 Å². The molecule has 1 aromatic heterocycles. The predicted octanol–water partition coefficient (Wildman–Crippen LogP) is 1.87. The fraction of sp³-hybridized carbons (Fsp3) is 0.125. The van der Waals surface area contributed by atoms with Crippen molar-refractivity contribution in [2.24, 2.45) is 0 Å². The van der Waals surface area contributed by atoms with Crippen LogP contribution in [0.25, 0.3) is 17.4 Å². The van der Waals surface area contributed by atoms with Gasteiger partial charge in [0, 0.05) is 30.3 Å². The van der Waals surface area contributed by atoms with E-state index in [2.05, 4.69) is 5.32 Å². The summed E-state index contributed by atoms with van der Waals surface area (Å²) in [5.41, 5.74) is 0.262. The number of hydrogen-bond acceptors (Lipinski definition) is 6. The van der Waals surface area contributed by atoms with Gasteiger partial charge in [0.1, 0.15) is 23.2 Å². The summed E-state index contributed by atoms with van der Waals surface area (Å²) in [6.45, 7) is -0.197. The highest BCUT2D eigenvalue weighted by Crippen LogP contribution is 2.26. The van der Waals surface area contributed by atoms with Gasteiger partial charge in [-0.3, -0.25) is 14.9 Å². The first-order chi connectivity index (χ1) is 11.5. The molecule has 1 aromatic carbocycles. The number of aliphatic hydroxyl groups excluding tert-OH is 1. The van der Waals surface area contributed by atoms with E-state index in [9.17, 15) is 14.9 Å². The van der Waals surface area contributed by atoms with Gasteiger partial charge in [-0.1, -0.05) is 12.1 Å². The number of nitrogens with one attached hydrogen (secondary N) is 1. The summed E-state index contributed by atoms with van der Waals surface area (Å²) in [7, 11) is 0. The molecule has 0 unspecified atom stereocenters. The summed E-state index contributed by atoms with van der Waals surface area (Å²) in [4.78, 5) is 22.0. The molecule has 0 radical (unpaired) electrons. The number of carbonyl (C=O) groups is 1. The average Bonchev–Trinajstić information content (AvgIpc) is 3.06. The number of nitriles is 1. The zero-order valence-corrected chi connectivity index (χ0v) is 12.4. The summed E-state index contributed by atoms with van der Waals surface area (Å²) < 4.78 is 5.51. The van der Waals surface area contributed by atoms with Crippen LogP contribution in [-0.2, 0) is 4.79 Å². The Balaban J connectivity index is 2.25. The van der Waals surface area contributed by atoms with Crippen LogP contribution in [0.2, 0.25) is 0 Å². The van der Waals surface area contributed by atoms with Gasteiger partial charge in [0.15, 0.2) is 0 Å². The molecule has 0 spiro atoms. The smallest absolute Gasteiger partial charge is 0.270 e. The molecule has 2 aromatic rings. The van der Waals surface area contributed by atoms with Crippen molar-refractivity contribution in [3.05, 3.63) is 57.8 Å². The molecule has 1 heterocycles. The van der Waals surface area contributed by atoms with Gasteiger partial charge in [-0.05, 0) is 12.1 Å². The van der Waals surface area contributed by atoms with Crippen LogP contribution in [-0.4, -0.2) is 29.1 Å². The molecule has 8 heteroatoms. The summed E-state index contributed by atoms with van der Waals surface area (Å²) in [6, 6.07) is 10.8. The fourth-order valence-corrected chi connectivity index (χ4v) is 1.91. The third-order valence-electron chi connectivity index (χ3n) is 3.02. The van der Waals surface area contributed by atoms with Crippen molar-refractivity contribution >= 4 is 17.7 Å². The van der Waals surface area contributed by atoms with Crippen LogP contribution in [0.3, 0.4) is 0 Å². The Morgan fingerprint density at radius 2 is 2.21 bits per heavy atom. The lowest BCUT2D eigenvalue weighted by Gasteiger charge is -2.00. The molecule has 0 saturated carbocycles. The van der Waals surface area contributed by atoms with Crippen LogP contribution in [0.1, 0.15) is 5.76 Å². The van der Waals surface area contributed by atoms with E-state index in [0.29, 0.717) is 11.3 Å². The van der Waals surface area contributed by atoms with Crippen LogP contribution < -0.4 is 5.32 Å². The van der Waals surface area contributed by atoms with Gasteiger partial charge in [-0.2, -0.15) is 5.26 Å². The molecule has 0 aliphatic carbocycles. The van der Waals surface area contributed by atoms with Crippen LogP contribution in [0.15, 0.2) is 46.4 Å². The number of benzene rings is 1. The van der Waals surface area contributed by atoms with E-state index in [-0.39, 0.29) is 30.2 Å². The summed E-state index contributed by atoms with van der Waals surface area (Å²) in [5, 5.41) is 30.9. The monoisotopic (exact) mass is 327 g/mol. The molecule has 2 rings (SSSR count). The third kappa shape index (κ3) is 4.06. The maximum atomic E-state index is 11.7. The molecule has 2 N–H and O–H groups in total. The minimum atomic E-state index is -0.625. The van der Waals surface area contributed by atoms with Gasteiger partial charge in [-0.25, -0.2) is 0 Å². The van der Waals surface area contributed by atoms with E-state index in [1.807, 2.05) is 0 Å². The van der Waals surface area contributed by atoms with Crippen molar-refractivity contribution in [1.29, 1.82) is 5.26 Å². The van der Waals surface area contributed by atoms with E-state index < -0.39 is 10.8 Å². The van der Waals surface area contributed by atoms with Gasteiger partial charge in [-0.15, -0.1) is 0 Å². The van der Waals surface area contributed by atoms with Crippen molar-refractivity contribution in [2.75, 3.05) is 13.2 Å². The molecule has 0 aliphatic rings. The van der Waals surface area contributed by atoms with E-state index in [4.69, 9.17) is 14.8 Å². The molecule has 24 heavy (non-hydrogen) atoms. The Bertz CT molecular complexity index is 832. The highest BCUT2D eigenvalue weighted by Gasteiger charge is 2.12. The molecule has 0 bridgehead atoms. The Kier molecular flexibility index (Phi) is 5.44. The van der Waals surface area contributed by atoms with E-state index in [0.717, 1.165) is 0 Å².